The van der Waals surface area contributed by atoms with Gasteiger partial charge in [-0.1, -0.05) is 80.7 Å². The summed E-state index contributed by atoms with van der Waals surface area (Å²) in [4.78, 5) is 11.7. The fourth-order valence-corrected chi connectivity index (χ4v) is 4.19. The van der Waals surface area contributed by atoms with Gasteiger partial charge in [-0.25, -0.2) is 4.79 Å². The molecule has 0 heterocycles. The van der Waals surface area contributed by atoms with Crippen molar-refractivity contribution in [2.75, 3.05) is 5.32 Å². The van der Waals surface area contributed by atoms with Crippen LogP contribution < -0.4 is 5.32 Å². The summed E-state index contributed by atoms with van der Waals surface area (Å²) >= 11 is 5.79. The van der Waals surface area contributed by atoms with Crippen molar-refractivity contribution < 1.29 is 9.90 Å². The van der Waals surface area contributed by atoms with Gasteiger partial charge in [0.25, 0.3) is 0 Å². The van der Waals surface area contributed by atoms with Crippen molar-refractivity contribution in [3.05, 3.63) is 95.6 Å². The van der Waals surface area contributed by atoms with E-state index in [9.17, 15) is 4.79 Å². The molecule has 1 aliphatic rings. The molecule has 3 aromatic carbocycles. The van der Waals surface area contributed by atoms with E-state index in [1.165, 1.54) is 16.3 Å². The Hall–Kier alpha value is -3.24. The predicted octanol–water partition coefficient (Wildman–Crippen LogP) is 6.70. The lowest BCUT2D eigenvalue weighted by Gasteiger charge is -2.27. The number of rotatable bonds is 4. The molecule has 2 N–H and O–H groups in total. The van der Waals surface area contributed by atoms with Crippen molar-refractivity contribution in [1.82, 2.24) is 0 Å². The van der Waals surface area contributed by atoms with Crippen molar-refractivity contribution in [2.24, 2.45) is 5.41 Å². The molecule has 3 nitrogen and oxygen atoms in total. The van der Waals surface area contributed by atoms with Gasteiger partial charge in [0, 0.05) is 11.3 Å². The van der Waals surface area contributed by atoms with Crippen LogP contribution in [0.3, 0.4) is 0 Å². The highest BCUT2D eigenvalue weighted by atomic mass is 32.1. The van der Waals surface area contributed by atoms with Crippen LogP contribution in [-0.4, -0.2) is 16.1 Å². The molecule has 4 heteroatoms. The zero-order valence-electron chi connectivity index (χ0n) is 17.0. The van der Waals surface area contributed by atoms with E-state index in [2.05, 4.69) is 67.7 Å². The normalized spacial score (nSPS) is 14.9. The first-order chi connectivity index (χ1) is 14.3. The third-order valence-corrected chi connectivity index (χ3v) is 5.70. The van der Waals surface area contributed by atoms with Crippen molar-refractivity contribution in [2.45, 2.75) is 20.3 Å². The molecule has 150 valence electrons. The summed E-state index contributed by atoms with van der Waals surface area (Å²) in [6.07, 6.45) is 7.48. The van der Waals surface area contributed by atoms with Crippen LogP contribution in [0.1, 0.15) is 41.8 Å². The number of carboxylic acids is 1. The van der Waals surface area contributed by atoms with Crippen molar-refractivity contribution >= 4 is 45.2 Å². The molecule has 0 saturated heterocycles. The van der Waals surface area contributed by atoms with Gasteiger partial charge in [-0.05, 0) is 58.0 Å². The summed E-state index contributed by atoms with van der Waals surface area (Å²) in [5.74, 6) is -0.944. The second-order valence-electron chi connectivity index (χ2n) is 8.26. The van der Waals surface area contributed by atoms with Gasteiger partial charge in [0.1, 0.15) is 4.99 Å². The lowest BCUT2D eigenvalue weighted by molar-refractivity contribution is 0.0697. The van der Waals surface area contributed by atoms with Crippen molar-refractivity contribution in [1.29, 1.82) is 0 Å². The first-order valence-corrected chi connectivity index (χ1v) is 10.3. The second kappa shape index (κ2) is 7.88. The van der Waals surface area contributed by atoms with Crippen molar-refractivity contribution in [3.63, 3.8) is 0 Å². The van der Waals surface area contributed by atoms with Gasteiger partial charge in [0.15, 0.2) is 0 Å². The van der Waals surface area contributed by atoms with E-state index in [4.69, 9.17) is 17.3 Å². The van der Waals surface area contributed by atoms with E-state index in [-0.39, 0.29) is 11.0 Å². The van der Waals surface area contributed by atoms with Crippen LogP contribution >= 0.6 is 12.2 Å². The molecule has 0 saturated carbocycles. The van der Waals surface area contributed by atoms with Gasteiger partial charge >= 0.3 is 5.97 Å². The number of thiocarbonyl (C=S) groups is 1. The lowest BCUT2D eigenvalue weighted by Crippen LogP contribution is -2.16. The van der Waals surface area contributed by atoms with E-state index < -0.39 is 5.97 Å². The molecule has 0 bridgehead atoms. The number of aromatic carboxylic acids is 1. The molecule has 0 spiro atoms. The van der Waals surface area contributed by atoms with Crippen LogP contribution in [-0.2, 0) is 0 Å². The molecular formula is C26H23NO2S. The van der Waals surface area contributed by atoms with E-state index in [0.29, 0.717) is 4.99 Å². The molecule has 0 atom stereocenters. The maximum atomic E-state index is 11.1. The fourth-order valence-electron chi connectivity index (χ4n) is 3.91. The monoisotopic (exact) mass is 413 g/mol. The zero-order chi connectivity index (χ0) is 21.3. The SMILES string of the molecule is CC1(C)C=CC=C(c2c(C(=S)Nc3ccc(C(=O)O)cc3)ccc3ccccc23)C1. The summed E-state index contributed by atoms with van der Waals surface area (Å²) in [6, 6.07) is 19.2. The van der Waals surface area contributed by atoms with Crippen LogP contribution in [0.15, 0.2) is 78.9 Å². The Labute approximate surface area is 181 Å². The van der Waals surface area contributed by atoms with Crippen LogP contribution in [0.4, 0.5) is 5.69 Å². The van der Waals surface area contributed by atoms with Crippen LogP contribution in [0.25, 0.3) is 16.3 Å². The van der Waals surface area contributed by atoms with Gasteiger partial charge < -0.3 is 10.4 Å². The molecule has 4 rings (SSSR count). The summed E-state index contributed by atoms with van der Waals surface area (Å²) in [5, 5.41) is 14.7. The summed E-state index contributed by atoms with van der Waals surface area (Å²) < 4.78 is 0. The Morgan fingerprint density at radius 3 is 2.47 bits per heavy atom. The Kier molecular flexibility index (Phi) is 5.27. The Bertz CT molecular complexity index is 1200. The zero-order valence-corrected chi connectivity index (χ0v) is 17.8. The number of benzene rings is 3. The number of carboxylic acid groups (broad SMARTS) is 1. The van der Waals surface area contributed by atoms with Crippen LogP contribution in [0.5, 0.6) is 0 Å². The quantitative estimate of drug-likeness (QED) is 0.468. The number of fused-ring (bicyclic) bond motifs is 1. The third-order valence-electron chi connectivity index (χ3n) is 5.38. The molecule has 0 aromatic heterocycles. The molecule has 1 aliphatic carbocycles. The predicted molar refractivity (Wildman–Crippen MR) is 128 cm³/mol. The largest absolute Gasteiger partial charge is 0.478 e. The smallest absolute Gasteiger partial charge is 0.335 e. The van der Waals surface area contributed by atoms with Gasteiger partial charge in [-0.3, -0.25) is 0 Å². The Balaban J connectivity index is 1.77. The number of carbonyl (C=O) groups is 1. The molecule has 0 amide bonds. The number of allylic oxidation sites excluding steroid dienone is 4. The van der Waals surface area contributed by atoms with Gasteiger partial charge in [0.2, 0.25) is 0 Å². The standard InChI is InChI=1S/C26H23NO2S/c1-26(2)15-5-7-19(16-26)23-21-8-4-3-6-17(21)11-14-22(23)24(30)27-20-12-9-18(10-13-20)25(28)29/h3-15H,16H2,1-2H3,(H,27,30)(H,28,29). The number of nitrogens with one attached hydrogen (secondary N) is 1. The minimum absolute atomic E-state index is 0.0833. The third kappa shape index (κ3) is 4.05. The number of anilines is 1. The van der Waals surface area contributed by atoms with E-state index in [0.717, 1.165) is 23.2 Å². The molecule has 30 heavy (non-hydrogen) atoms. The van der Waals surface area contributed by atoms with E-state index in [1.54, 1.807) is 24.3 Å². The average Bonchev–Trinajstić information content (AvgIpc) is 2.72. The first-order valence-electron chi connectivity index (χ1n) is 9.89. The molecule has 0 unspecified atom stereocenters. The molecule has 3 aromatic rings. The summed E-state index contributed by atoms with van der Waals surface area (Å²) in [5.41, 5.74) is 4.49. The summed E-state index contributed by atoms with van der Waals surface area (Å²) in [6.45, 7) is 4.48. The fraction of sp³-hybridized carbons (Fsp3) is 0.154. The van der Waals surface area contributed by atoms with Gasteiger partial charge in [-0.15, -0.1) is 0 Å². The van der Waals surface area contributed by atoms with Gasteiger partial charge in [-0.2, -0.15) is 0 Å². The van der Waals surface area contributed by atoms with E-state index >= 15 is 0 Å². The van der Waals surface area contributed by atoms with Crippen LogP contribution in [0, 0.1) is 5.41 Å². The molecule has 0 aliphatic heterocycles. The minimum Gasteiger partial charge on any atom is -0.478 e. The maximum Gasteiger partial charge on any atom is 0.335 e. The number of hydrogen-bond donors (Lipinski definition) is 2. The Morgan fingerprint density at radius 2 is 1.77 bits per heavy atom. The summed E-state index contributed by atoms with van der Waals surface area (Å²) in [7, 11) is 0. The van der Waals surface area contributed by atoms with Crippen molar-refractivity contribution in [3.8, 4) is 0 Å². The highest BCUT2D eigenvalue weighted by Gasteiger charge is 2.23. The van der Waals surface area contributed by atoms with Crippen LogP contribution in [0.2, 0.25) is 0 Å². The molecule has 0 fully saturated rings. The average molecular weight is 414 g/mol. The highest BCUT2D eigenvalue weighted by molar-refractivity contribution is 7.81. The van der Waals surface area contributed by atoms with E-state index in [1.807, 2.05) is 6.07 Å². The number of hydrogen-bond acceptors (Lipinski definition) is 2. The molecular weight excluding hydrogens is 390 g/mol. The Morgan fingerprint density at radius 1 is 1.03 bits per heavy atom. The lowest BCUT2D eigenvalue weighted by atomic mass is 9.78. The van der Waals surface area contributed by atoms with Gasteiger partial charge in [0.05, 0.1) is 5.56 Å². The highest BCUT2D eigenvalue weighted by Crippen LogP contribution is 2.39. The molecule has 0 radical (unpaired) electrons. The topological polar surface area (TPSA) is 49.3 Å². The maximum absolute atomic E-state index is 11.1. The minimum atomic E-state index is -0.944. The first kappa shape index (κ1) is 20.0. The second-order valence-corrected chi connectivity index (χ2v) is 8.67.